The van der Waals surface area contributed by atoms with Crippen LogP contribution in [0, 0.1) is 0 Å². The number of hydrogen-bond donors (Lipinski definition) is 1. The van der Waals surface area contributed by atoms with Gasteiger partial charge in [0.15, 0.2) is 0 Å². The highest BCUT2D eigenvalue weighted by Gasteiger charge is 2.18. The molecule has 0 fully saturated rings. The lowest BCUT2D eigenvalue weighted by Gasteiger charge is -2.25. The maximum Gasteiger partial charge on any atom is 0.0348 e. The molecular formula is C13H18ClN. The molecule has 1 aliphatic carbocycles. The lowest BCUT2D eigenvalue weighted by molar-refractivity contribution is 0.515. The molecule has 0 aliphatic heterocycles. The first kappa shape index (κ1) is 11.0. The van der Waals surface area contributed by atoms with E-state index >= 15 is 0 Å². The van der Waals surface area contributed by atoms with E-state index in [1.54, 1.807) is 11.1 Å². The molecule has 1 N–H and O–H groups in total. The van der Waals surface area contributed by atoms with E-state index in [1.807, 2.05) is 0 Å². The van der Waals surface area contributed by atoms with Crippen molar-refractivity contribution in [3.8, 4) is 0 Å². The molecule has 15 heavy (non-hydrogen) atoms. The fraction of sp³-hybridized carbons (Fsp3) is 0.538. The third-order valence-corrected chi connectivity index (χ3v) is 3.34. The van der Waals surface area contributed by atoms with E-state index in [-0.39, 0.29) is 0 Å². The Morgan fingerprint density at radius 3 is 3.07 bits per heavy atom. The van der Waals surface area contributed by atoms with Crippen LogP contribution in [0.2, 0.25) is 0 Å². The van der Waals surface area contributed by atoms with Crippen molar-refractivity contribution in [2.75, 3.05) is 19.0 Å². The Morgan fingerprint density at radius 1 is 1.33 bits per heavy atom. The van der Waals surface area contributed by atoms with E-state index in [4.69, 9.17) is 11.6 Å². The summed E-state index contributed by atoms with van der Waals surface area (Å²) in [6, 6.07) is 8.84. The molecule has 2 heteroatoms. The summed E-state index contributed by atoms with van der Waals surface area (Å²) in [6.07, 6.45) is 3.89. The Morgan fingerprint density at radius 2 is 2.20 bits per heavy atom. The molecule has 0 saturated carbocycles. The quantitative estimate of drug-likeness (QED) is 0.612. The zero-order valence-corrected chi connectivity index (χ0v) is 9.76. The monoisotopic (exact) mass is 223 g/mol. The molecule has 0 heterocycles. The third kappa shape index (κ3) is 2.73. The maximum atomic E-state index is 5.66. The summed E-state index contributed by atoms with van der Waals surface area (Å²) in [4.78, 5) is 0. The van der Waals surface area contributed by atoms with Crippen LogP contribution < -0.4 is 5.32 Å². The zero-order valence-electron chi connectivity index (χ0n) is 9.01. The number of halogens is 1. The lowest BCUT2D eigenvalue weighted by atomic mass is 9.83. The highest BCUT2D eigenvalue weighted by molar-refractivity contribution is 6.18. The van der Waals surface area contributed by atoms with Crippen LogP contribution in [0.15, 0.2) is 24.3 Å². The predicted octanol–water partition coefficient (Wildman–Crippen LogP) is 2.93. The summed E-state index contributed by atoms with van der Waals surface area (Å²) in [5.41, 5.74) is 3.09. The van der Waals surface area contributed by atoms with Crippen molar-refractivity contribution in [1.29, 1.82) is 0 Å². The molecule has 1 aromatic rings. The van der Waals surface area contributed by atoms with E-state index in [2.05, 4.69) is 29.6 Å². The first-order chi connectivity index (χ1) is 7.42. The van der Waals surface area contributed by atoms with Crippen LogP contribution in [0.1, 0.15) is 29.9 Å². The maximum absolute atomic E-state index is 5.66. The summed E-state index contributed by atoms with van der Waals surface area (Å²) < 4.78 is 0. The van der Waals surface area contributed by atoms with Gasteiger partial charge in [-0.3, -0.25) is 0 Å². The normalized spacial score (nSPS) is 19.9. The van der Waals surface area contributed by atoms with Crippen molar-refractivity contribution in [3.05, 3.63) is 35.4 Å². The Bertz CT molecular complexity index is 311. The van der Waals surface area contributed by atoms with Crippen molar-refractivity contribution < 1.29 is 0 Å². The predicted molar refractivity (Wildman–Crippen MR) is 65.7 cm³/mol. The van der Waals surface area contributed by atoms with Crippen molar-refractivity contribution in [2.24, 2.45) is 0 Å². The molecule has 1 unspecified atom stereocenters. The Kier molecular flexibility index (Phi) is 4.04. The molecule has 1 aliphatic rings. The van der Waals surface area contributed by atoms with Gasteiger partial charge in [0.25, 0.3) is 0 Å². The van der Waals surface area contributed by atoms with E-state index in [0.29, 0.717) is 11.8 Å². The second kappa shape index (κ2) is 5.53. The van der Waals surface area contributed by atoms with Crippen LogP contribution in [-0.2, 0) is 6.42 Å². The van der Waals surface area contributed by atoms with Crippen LogP contribution in [0.4, 0.5) is 0 Å². The Labute approximate surface area is 96.8 Å². The number of alkyl halides is 1. The topological polar surface area (TPSA) is 12.0 Å². The fourth-order valence-electron chi connectivity index (χ4n) is 2.41. The number of fused-ring (bicyclic) bond motifs is 1. The Balaban J connectivity index is 2.02. The highest BCUT2D eigenvalue weighted by Crippen LogP contribution is 2.30. The molecule has 0 aromatic heterocycles. The molecule has 1 atom stereocenters. The van der Waals surface area contributed by atoms with Gasteiger partial charge >= 0.3 is 0 Å². The van der Waals surface area contributed by atoms with Crippen molar-refractivity contribution in [1.82, 2.24) is 5.32 Å². The molecule has 2 rings (SSSR count). The number of hydrogen-bond acceptors (Lipinski definition) is 1. The van der Waals surface area contributed by atoms with Crippen molar-refractivity contribution >= 4 is 11.6 Å². The van der Waals surface area contributed by atoms with E-state index in [1.165, 1.54) is 19.3 Å². The van der Waals surface area contributed by atoms with Gasteiger partial charge in [0.2, 0.25) is 0 Å². The standard InChI is InChI=1S/C13H18ClN/c14-8-9-15-10-12-6-3-5-11-4-1-2-7-13(11)12/h1-2,4,7,12,15H,3,5-6,8-10H2. The first-order valence-corrected chi connectivity index (χ1v) is 6.29. The van der Waals surface area contributed by atoms with Crippen LogP contribution in [-0.4, -0.2) is 19.0 Å². The number of aryl methyl sites for hydroxylation is 1. The van der Waals surface area contributed by atoms with Gasteiger partial charge in [0, 0.05) is 19.0 Å². The first-order valence-electron chi connectivity index (χ1n) is 5.76. The number of benzene rings is 1. The molecule has 0 radical (unpaired) electrons. The number of rotatable bonds is 4. The average Bonchev–Trinajstić information content (AvgIpc) is 2.30. The second-order valence-corrected chi connectivity index (χ2v) is 4.56. The van der Waals surface area contributed by atoms with E-state index in [9.17, 15) is 0 Å². The minimum Gasteiger partial charge on any atom is -0.315 e. The van der Waals surface area contributed by atoms with Crippen LogP contribution in [0.25, 0.3) is 0 Å². The zero-order chi connectivity index (χ0) is 10.5. The molecule has 1 aromatic carbocycles. The van der Waals surface area contributed by atoms with Gasteiger partial charge in [-0.25, -0.2) is 0 Å². The third-order valence-electron chi connectivity index (χ3n) is 3.16. The summed E-state index contributed by atoms with van der Waals surface area (Å²) in [6.45, 7) is 1.99. The molecule has 82 valence electrons. The Hall–Kier alpha value is -0.530. The van der Waals surface area contributed by atoms with Gasteiger partial charge in [0.05, 0.1) is 0 Å². The fourth-order valence-corrected chi connectivity index (χ4v) is 2.54. The molecule has 0 amide bonds. The molecule has 0 spiro atoms. The van der Waals surface area contributed by atoms with Crippen LogP contribution >= 0.6 is 11.6 Å². The van der Waals surface area contributed by atoms with Crippen LogP contribution in [0.5, 0.6) is 0 Å². The summed E-state index contributed by atoms with van der Waals surface area (Å²) in [5, 5.41) is 3.41. The average molecular weight is 224 g/mol. The molecule has 1 nitrogen and oxygen atoms in total. The number of nitrogens with one attached hydrogen (secondary N) is 1. The van der Waals surface area contributed by atoms with Crippen LogP contribution in [0.3, 0.4) is 0 Å². The summed E-state index contributed by atoms with van der Waals surface area (Å²) in [7, 11) is 0. The summed E-state index contributed by atoms with van der Waals surface area (Å²) in [5.74, 6) is 1.40. The van der Waals surface area contributed by atoms with Gasteiger partial charge < -0.3 is 5.32 Å². The van der Waals surface area contributed by atoms with Gasteiger partial charge in [0.1, 0.15) is 0 Å². The summed E-state index contributed by atoms with van der Waals surface area (Å²) >= 11 is 5.66. The SMILES string of the molecule is ClCCNCC1CCCc2ccccc21. The highest BCUT2D eigenvalue weighted by atomic mass is 35.5. The lowest BCUT2D eigenvalue weighted by Crippen LogP contribution is -2.25. The molecule has 0 saturated heterocycles. The van der Waals surface area contributed by atoms with Gasteiger partial charge in [-0.2, -0.15) is 0 Å². The molecular weight excluding hydrogens is 206 g/mol. The van der Waals surface area contributed by atoms with Crippen molar-refractivity contribution in [3.63, 3.8) is 0 Å². The minimum atomic E-state index is 0.693. The second-order valence-electron chi connectivity index (χ2n) is 4.18. The minimum absolute atomic E-state index is 0.693. The smallest absolute Gasteiger partial charge is 0.0348 e. The van der Waals surface area contributed by atoms with Gasteiger partial charge in [-0.1, -0.05) is 24.3 Å². The van der Waals surface area contributed by atoms with Gasteiger partial charge in [-0.05, 0) is 36.3 Å². The largest absolute Gasteiger partial charge is 0.315 e. The van der Waals surface area contributed by atoms with Gasteiger partial charge in [-0.15, -0.1) is 11.6 Å². The van der Waals surface area contributed by atoms with E-state index < -0.39 is 0 Å². The van der Waals surface area contributed by atoms with E-state index in [0.717, 1.165) is 13.1 Å². The molecule has 0 bridgehead atoms. The van der Waals surface area contributed by atoms with Crippen molar-refractivity contribution in [2.45, 2.75) is 25.2 Å².